The monoisotopic (exact) mass is 261 g/mol. The van der Waals surface area contributed by atoms with Gasteiger partial charge in [-0.1, -0.05) is 13.0 Å². The minimum absolute atomic E-state index is 0.0618. The fourth-order valence-electron chi connectivity index (χ4n) is 2.50. The van der Waals surface area contributed by atoms with Gasteiger partial charge in [-0.05, 0) is 44.9 Å². The quantitative estimate of drug-likeness (QED) is 0.901. The molecule has 1 aliphatic heterocycles. The van der Waals surface area contributed by atoms with Crippen molar-refractivity contribution < 1.29 is 4.79 Å². The van der Waals surface area contributed by atoms with E-state index in [0.29, 0.717) is 11.7 Å². The number of aromatic nitrogens is 1. The number of pyridine rings is 1. The Kier molecular flexibility index (Phi) is 4.91. The molecule has 19 heavy (non-hydrogen) atoms. The largest absolute Gasteiger partial charge is 0.336 e. The molecular formula is C15H23N3O. The zero-order chi connectivity index (χ0) is 13.7. The lowest BCUT2D eigenvalue weighted by atomic mass is 10.1. The molecule has 1 saturated heterocycles. The molecule has 1 aliphatic rings. The molecule has 4 nitrogen and oxygen atoms in total. The number of rotatable bonds is 4. The third-order valence-electron chi connectivity index (χ3n) is 3.50. The van der Waals surface area contributed by atoms with Crippen LogP contribution in [0.3, 0.4) is 0 Å². The van der Waals surface area contributed by atoms with Gasteiger partial charge in [0, 0.05) is 24.8 Å². The molecule has 1 N–H and O–H groups in total. The van der Waals surface area contributed by atoms with E-state index in [1.54, 1.807) is 6.07 Å². The van der Waals surface area contributed by atoms with Crippen molar-refractivity contribution in [2.75, 3.05) is 19.6 Å². The van der Waals surface area contributed by atoms with Crippen molar-refractivity contribution in [2.45, 2.75) is 39.2 Å². The van der Waals surface area contributed by atoms with Gasteiger partial charge in [0.15, 0.2) is 0 Å². The Labute approximate surface area is 115 Å². The topological polar surface area (TPSA) is 45.2 Å². The highest BCUT2D eigenvalue weighted by Crippen LogP contribution is 2.13. The molecular weight excluding hydrogens is 238 g/mol. The van der Waals surface area contributed by atoms with E-state index in [2.05, 4.69) is 17.2 Å². The number of amides is 1. The maximum Gasteiger partial charge on any atom is 0.272 e. The molecule has 0 aliphatic carbocycles. The van der Waals surface area contributed by atoms with Crippen LogP contribution in [0.4, 0.5) is 0 Å². The lowest BCUT2D eigenvalue weighted by Crippen LogP contribution is -2.48. The molecule has 1 fully saturated rings. The Morgan fingerprint density at radius 1 is 1.53 bits per heavy atom. The zero-order valence-corrected chi connectivity index (χ0v) is 11.9. The van der Waals surface area contributed by atoms with E-state index in [4.69, 9.17) is 0 Å². The van der Waals surface area contributed by atoms with Gasteiger partial charge in [0.2, 0.25) is 0 Å². The van der Waals surface area contributed by atoms with Crippen molar-refractivity contribution >= 4 is 5.91 Å². The van der Waals surface area contributed by atoms with Crippen LogP contribution in [0.25, 0.3) is 0 Å². The van der Waals surface area contributed by atoms with Gasteiger partial charge in [-0.3, -0.25) is 4.79 Å². The molecule has 1 atom stereocenters. The van der Waals surface area contributed by atoms with E-state index in [9.17, 15) is 4.79 Å². The van der Waals surface area contributed by atoms with Crippen LogP contribution in [0.15, 0.2) is 18.2 Å². The molecule has 104 valence electrons. The highest BCUT2D eigenvalue weighted by Gasteiger charge is 2.24. The number of likely N-dealkylation sites (tertiary alicyclic amines) is 1. The number of hydrogen-bond donors (Lipinski definition) is 1. The Bertz CT molecular complexity index is 433. The molecule has 1 amide bonds. The second-order valence-corrected chi connectivity index (χ2v) is 5.21. The van der Waals surface area contributed by atoms with Gasteiger partial charge in [0.05, 0.1) is 0 Å². The summed E-state index contributed by atoms with van der Waals surface area (Å²) < 4.78 is 0. The lowest BCUT2D eigenvalue weighted by Gasteiger charge is -2.33. The average Bonchev–Trinajstić information content (AvgIpc) is 2.44. The van der Waals surface area contributed by atoms with Gasteiger partial charge in [-0.25, -0.2) is 4.98 Å². The van der Waals surface area contributed by atoms with Crippen LogP contribution in [-0.2, 0) is 0 Å². The summed E-state index contributed by atoms with van der Waals surface area (Å²) in [6.45, 7) is 6.75. The molecule has 0 spiro atoms. The van der Waals surface area contributed by atoms with Crippen LogP contribution in [0.1, 0.15) is 42.4 Å². The van der Waals surface area contributed by atoms with Crippen LogP contribution < -0.4 is 5.32 Å². The van der Waals surface area contributed by atoms with Crippen molar-refractivity contribution in [1.82, 2.24) is 15.2 Å². The summed E-state index contributed by atoms with van der Waals surface area (Å²) in [6.07, 6.45) is 3.36. The number of nitrogens with one attached hydrogen (secondary N) is 1. The summed E-state index contributed by atoms with van der Waals surface area (Å²) in [7, 11) is 0. The lowest BCUT2D eigenvalue weighted by molar-refractivity contribution is 0.0689. The maximum absolute atomic E-state index is 12.4. The van der Waals surface area contributed by atoms with Crippen LogP contribution >= 0.6 is 0 Å². The minimum atomic E-state index is 0.0618. The molecule has 0 radical (unpaired) electrons. The van der Waals surface area contributed by atoms with Crippen molar-refractivity contribution in [3.8, 4) is 0 Å². The summed E-state index contributed by atoms with van der Waals surface area (Å²) in [5.41, 5.74) is 1.46. The van der Waals surface area contributed by atoms with Gasteiger partial charge in [-0.15, -0.1) is 0 Å². The fraction of sp³-hybridized carbons (Fsp3) is 0.600. The predicted molar refractivity (Wildman–Crippen MR) is 76.2 cm³/mol. The van der Waals surface area contributed by atoms with Crippen LogP contribution in [0, 0.1) is 6.92 Å². The first-order chi connectivity index (χ1) is 9.20. The Balaban J connectivity index is 1.99. The molecule has 1 unspecified atom stereocenters. The van der Waals surface area contributed by atoms with Crippen molar-refractivity contribution in [2.24, 2.45) is 0 Å². The van der Waals surface area contributed by atoms with Gasteiger partial charge in [0.1, 0.15) is 5.69 Å². The molecule has 0 saturated carbocycles. The first kappa shape index (κ1) is 14.0. The number of carbonyl (C=O) groups excluding carboxylic acids is 1. The Hall–Kier alpha value is -1.42. The number of hydrogen-bond acceptors (Lipinski definition) is 3. The normalized spacial score (nSPS) is 19.5. The standard InChI is InChI=1S/C15H23N3O/c1-3-9-16-13-7-5-10-18(11-13)15(19)14-8-4-6-12(2)17-14/h4,6,8,13,16H,3,5,7,9-11H2,1-2H3. The Morgan fingerprint density at radius 3 is 3.11 bits per heavy atom. The Morgan fingerprint density at radius 2 is 2.37 bits per heavy atom. The first-order valence-electron chi connectivity index (χ1n) is 7.17. The van der Waals surface area contributed by atoms with Crippen LogP contribution in [0.5, 0.6) is 0 Å². The molecule has 1 aromatic heterocycles. The van der Waals surface area contributed by atoms with Gasteiger partial charge < -0.3 is 10.2 Å². The number of carbonyl (C=O) groups is 1. The van der Waals surface area contributed by atoms with Gasteiger partial charge >= 0.3 is 0 Å². The van der Waals surface area contributed by atoms with E-state index in [-0.39, 0.29) is 5.91 Å². The molecule has 0 aromatic carbocycles. The van der Waals surface area contributed by atoms with Crippen molar-refractivity contribution in [3.05, 3.63) is 29.6 Å². The summed E-state index contributed by atoms with van der Waals surface area (Å²) in [6, 6.07) is 6.05. The smallest absolute Gasteiger partial charge is 0.272 e. The summed E-state index contributed by atoms with van der Waals surface area (Å²) in [5, 5.41) is 3.50. The van der Waals surface area contributed by atoms with Gasteiger partial charge in [0.25, 0.3) is 5.91 Å². The van der Waals surface area contributed by atoms with E-state index in [1.165, 1.54) is 0 Å². The summed E-state index contributed by atoms with van der Waals surface area (Å²) in [5.74, 6) is 0.0618. The zero-order valence-electron chi connectivity index (χ0n) is 11.9. The second-order valence-electron chi connectivity index (χ2n) is 5.21. The van der Waals surface area contributed by atoms with Crippen molar-refractivity contribution in [1.29, 1.82) is 0 Å². The maximum atomic E-state index is 12.4. The third-order valence-corrected chi connectivity index (χ3v) is 3.50. The van der Waals surface area contributed by atoms with Crippen LogP contribution in [0.2, 0.25) is 0 Å². The molecule has 2 heterocycles. The third kappa shape index (κ3) is 3.77. The highest BCUT2D eigenvalue weighted by atomic mass is 16.2. The van der Waals surface area contributed by atoms with Crippen molar-refractivity contribution in [3.63, 3.8) is 0 Å². The van der Waals surface area contributed by atoms with Crippen LogP contribution in [-0.4, -0.2) is 41.5 Å². The SMILES string of the molecule is CCCNC1CCCN(C(=O)c2cccc(C)n2)C1. The highest BCUT2D eigenvalue weighted by molar-refractivity contribution is 5.92. The molecule has 2 rings (SSSR count). The van der Waals surface area contributed by atoms with E-state index < -0.39 is 0 Å². The van der Waals surface area contributed by atoms with E-state index >= 15 is 0 Å². The predicted octanol–water partition coefficient (Wildman–Crippen LogP) is 1.99. The molecule has 1 aromatic rings. The number of piperidine rings is 1. The molecule has 0 bridgehead atoms. The molecule has 4 heteroatoms. The minimum Gasteiger partial charge on any atom is -0.336 e. The van der Waals surface area contributed by atoms with E-state index in [1.807, 2.05) is 24.0 Å². The average molecular weight is 261 g/mol. The van der Waals surface area contributed by atoms with E-state index in [0.717, 1.165) is 44.6 Å². The summed E-state index contributed by atoms with van der Waals surface area (Å²) >= 11 is 0. The number of aryl methyl sites for hydroxylation is 1. The second kappa shape index (κ2) is 6.66. The first-order valence-corrected chi connectivity index (χ1v) is 7.17. The number of nitrogens with zero attached hydrogens (tertiary/aromatic N) is 2. The summed E-state index contributed by atoms with van der Waals surface area (Å²) in [4.78, 5) is 18.7. The fourth-order valence-corrected chi connectivity index (χ4v) is 2.50. The van der Waals surface area contributed by atoms with Gasteiger partial charge in [-0.2, -0.15) is 0 Å².